The highest BCUT2D eigenvalue weighted by Gasteiger charge is 2.31. The van der Waals surface area contributed by atoms with Gasteiger partial charge in [0.15, 0.2) is 5.76 Å². The maximum atomic E-state index is 13.1. The van der Waals surface area contributed by atoms with E-state index < -0.39 is 6.29 Å². The molecule has 3 rings (SSSR count). The summed E-state index contributed by atoms with van der Waals surface area (Å²) in [6, 6.07) is 2.09. The average molecular weight is 410 g/mol. The minimum absolute atomic E-state index is 0.00260. The van der Waals surface area contributed by atoms with E-state index in [1.54, 1.807) is 11.3 Å². The Morgan fingerprint density at radius 2 is 1.96 bits per heavy atom. The van der Waals surface area contributed by atoms with Gasteiger partial charge in [0.2, 0.25) is 6.29 Å². The van der Waals surface area contributed by atoms with E-state index >= 15 is 0 Å². The summed E-state index contributed by atoms with van der Waals surface area (Å²) in [6.07, 6.45) is 7.89. The fraction of sp³-hybridized carbons (Fsp3) is 0.667. The van der Waals surface area contributed by atoms with Crippen LogP contribution < -0.4 is 0 Å². The van der Waals surface area contributed by atoms with E-state index in [0.717, 1.165) is 25.9 Å². The first kappa shape index (κ1) is 21.3. The fourth-order valence-corrected chi connectivity index (χ4v) is 4.37. The maximum absolute atomic E-state index is 13.1. The van der Waals surface area contributed by atoms with Gasteiger partial charge in [-0.15, -0.1) is 0 Å². The number of hydrogen-bond donors (Lipinski definition) is 1. The smallest absolute Gasteiger partial charge is 0.288 e. The second kappa shape index (κ2) is 11.6. The van der Waals surface area contributed by atoms with Crippen molar-refractivity contribution in [2.75, 3.05) is 39.5 Å². The van der Waals surface area contributed by atoms with Crippen LogP contribution in [0, 0.1) is 0 Å². The maximum Gasteiger partial charge on any atom is 0.288 e. The van der Waals surface area contributed by atoms with Crippen molar-refractivity contribution < 1.29 is 24.1 Å². The van der Waals surface area contributed by atoms with Crippen molar-refractivity contribution >= 4 is 17.2 Å². The number of hydrogen-bond acceptors (Lipinski definition) is 6. The summed E-state index contributed by atoms with van der Waals surface area (Å²) in [6.45, 7) is 2.64. The van der Waals surface area contributed by atoms with Crippen molar-refractivity contribution in [2.45, 2.75) is 50.7 Å². The monoisotopic (exact) mass is 409 g/mol. The molecule has 2 aliphatic rings. The molecule has 156 valence electrons. The van der Waals surface area contributed by atoms with E-state index in [0.29, 0.717) is 32.0 Å². The number of likely N-dealkylation sites (tertiary alicyclic amines) is 1. The van der Waals surface area contributed by atoms with Gasteiger partial charge in [-0.25, -0.2) is 0 Å². The summed E-state index contributed by atoms with van der Waals surface area (Å²) in [5.41, 5.74) is 1.19. The van der Waals surface area contributed by atoms with Crippen molar-refractivity contribution in [2.24, 2.45) is 0 Å². The Morgan fingerprint density at radius 3 is 2.68 bits per heavy atom. The molecule has 0 aliphatic carbocycles. The highest BCUT2D eigenvalue weighted by atomic mass is 32.1. The van der Waals surface area contributed by atoms with Crippen LogP contribution in [0.3, 0.4) is 0 Å². The SMILES string of the molecule is O=C(C1=CC(c2ccsc2)CC(OCCOCCO)O1)N1CCCCCCC1. The molecule has 0 saturated carbocycles. The predicted molar refractivity (Wildman–Crippen MR) is 108 cm³/mol. The molecule has 1 fully saturated rings. The Hall–Kier alpha value is -1.41. The van der Waals surface area contributed by atoms with Crippen LogP contribution in [0.15, 0.2) is 28.7 Å². The number of nitrogens with zero attached hydrogens (tertiary/aromatic N) is 1. The highest BCUT2D eigenvalue weighted by molar-refractivity contribution is 7.08. The molecule has 2 aliphatic heterocycles. The summed E-state index contributed by atoms with van der Waals surface area (Å²) < 4.78 is 17.0. The van der Waals surface area contributed by atoms with Crippen molar-refractivity contribution in [3.05, 3.63) is 34.2 Å². The molecule has 28 heavy (non-hydrogen) atoms. The van der Waals surface area contributed by atoms with Gasteiger partial charge in [-0.1, -0.05) is 19.3 Å². The normalized spacial score (nSPS) is 23.5. The number of carbonyl (C=O) groups is 1. The molecule has 0 bridgehead atoms. The summed E-state index contributed by atoms with van der Waals surface area (Å²) >= 11 is 1.65. The molecule has 2 unspecified atom stereocenters. The molecular formula is C21H31NO5S. The minimum atomic E-state index is -0.471. The number of ether oxygens (including phenoxy) is 3. The molecule has 6 nitrogen and oxygen atoms in total. The molecule has 1 N–H and O–H groups in total. The molecule has 2 atom stereocenters. The fourth-order valence-electron chi connectivity index (χ4n) is 3.64. The van der Waals surface area contributed by atoms with Gasteiger partial charge in [0.1, 0.15) is 0 Å². The molecule has 1 aromatic heterocycles. The standard InChI is InChI=1S/C21H31NO5S/c23-9-10-25-11-12-26-20-15-18(17-6-13-28-16-17)14-19(27-20)21(24)22-7-4-2-1-3-5-8-22/h6,13-14,16,18,20,23H,1-5,7-12,15H2. The second-order valence-corrected chi connectivity index (χ2v) is 8.02. The van der Waals surface area contributed by atoms with E-state index in [9.17, 15) is 4.79 Å². The summed E-state index contributed by atoms with van der Waals surface area (Å²) in [7, 11) is 0. The summed E-state index contributed by atoms with van der Waals surface area (Å²) in [5, 5.41) is 12.9. The van der Waals surface area contributed by atoms with Crippen LogP contribution in [-0.4, -0.2) is 61.7 Å². The zero-order valence-electron chi connectivity index (χ0n) is 16.4. The van der Waals surface area contributed by atoms with E-state index in [2.05, 4.69) is 16.8 Å². The lowest BCUT2D eigenvalue weighted by atomic mass is 9.95. The Kier molecular flexibility index (Phi) is 8.79. The van der Waals surface area contributed by atoms with Crippen LogP contribution in [0.4, 0.5) is 0 Å². The first-order valence-electron chi connectivity index (χ1n) is 10.3. The van der Waals surface area contributed by atoms with E-state index in [4.69, 9.17) is 19.3 Å². The van der Waals surface area contributed by atoms with Gasteiger partial charge in [0.25, 0.3) is 5.91 Å². The third-order valence-electron chi connectivity index (χ3n) is 5.15. The second-order valence-electron chi connectivity index (χ2n) is 7.24. The lowest BCUT2D eigenvalue weighted by Crippen LogP contribution is -2.38. The Labute approximate surface area is 171 Å². The number of allylic oxidation sites excluding steroid dienone is 1. The quantitative estimate of drug-likeness (QED) is 0.668. The van der Waals surface area contributed by atoms with Crippen LogP contribution in [0.25, 0.3) is 0 Å². The number of thiophene rings is 1. The van der Waals surface area contributed by atoms with Crippen LogP contribution in [0.1, 0.15) is 50.0 Å². The first-order chi connectivity index (χ1) is 13.8. The van der Waals surface area contributed by atoms with Crippen molar-refractivity contribution in [3.8, 4) is 0 Å². The third-order valence-corrected chi connectivity index (χ3v) is 5.85. The number of rotatable bonds is 8. The minimum Gasteiger partial charge on any atom is -0.459 e. The highest BCUT2D eigenvalue weighted by Crippen LogP contribution is 2.33. The topological polar surface area (TPSA) is 68.2 Å². The van der Waals surface area contributed by atoms with Crippen molar-refractivity contribution in [1.82, 2.24) is 4.90 Å². The molecule has 1 saturated heterocycles. The predicted octanol–water partition coefficient (Wildman–Crippen LogP) is 3.28. The number of aliphatic hydroxyl groups excluding tert-OH is 1. The molecule has 7 heteroatoms. The van der Waals surface area contributed by atoms with E-state index in [1.807, 2.05) is 11.0 Å². The zero-order valence-corrected chi connectivity index (χ0v) is 17.2. The Balaban J connectivity index is 1.65. The van der Waals surface area contributed by atoms with Crippen LogP contribution >= 0.6 is 11.3 Å². The molecule has 0 radical (unpaired) electrons. The largest absolute Gasteiger partial charge is 0.459 e. The molecule has 1 amide bonds. The van der Waals surface area contributed by atoms with Gasteiger partial charge in [-0.2, -0.15) is 11.3 Å². The number of aliphatic hydroxyl groups is 1. The van der Waals surface area contributed by atoms with Gasteiger partial charge < -0.3 is 24.2 Å². The van der Waals surface area contributed by atoms with Crippen LogP contribution in [0.2, 0.25) is 0 Å². The van der Waals surface area contributed by atoms with Gasteiger partial charge in [0, 0.05) is 25.4 Å². The lowest BCUT2D eigenvalue weighted by Gasteiger charge is -2.32. The summed E-state index contributed by atoms with van der Waals surface area (Å²) in [4.78, 5) is 15.1. The van der Waals surface area contributed by atoms with Crippen molar-refractivity contribution in [1.29, 1.82) is 0 Å². The first-order valence-corrected chi connectivity index (χ1v) is 11.2. The van der Waals surface area contributed by atoms with Gasteiger partial charge in [-0.3, -0.25) is 4.79 Å². The Bertz CT molecular complexity index is 610. The molecular weight excluding hydrogens is 378 g/mol. The number of amides is 1. The van der Waals surface area contributed by atoms with Crippen molar-refractivity contribution in [3.63, 3.8) is 0 Å². The van der Waals surface area contributed by atoms with Gasteiger partial charge in [0.05, 0.1) is 26.4 Å². The lowest BCUT2D eigenvalue weighted by molar-refractivity contribution is -0.156. The van der Waals surface area contributed by atoms with Gasteiger partial charge in [-0.05, 0) is 41.3 Å². The molecule has 1 aromatic rings. The van der Waals surface area contributed by atoms with Crippen LogP contribution in [-0.2, 0) is 19.0 Å². The molecule has 3 heterocycles. The summed E-state index contributed by atoms with van der Waals surface area (Å²) in [5.74, 6) is 0.494. The van der Waals surface area contributed by atoms with E-state index in [-0.39, 0.29) is 18.4 Å². The van der Waals surface area contributed by atoms with E-state index in [1.165, 1.54) is 24.8 Å². The zero-order chi connectivity index (χ0) is 19.6. The molecule has 0 spiro atoms. The Morgan fingerprint density at radius 1 is 1.18 bits per heavy atom. The number of carbonyl (C=O) groups excluding carboxylic acids is 1. The molecule has 0 aromatic carbocycles. The average Bonchev–Trinajstić information content (AvgIpc) is 3.22. The van der Waals surface area contributed by atoms with Gasteiger partial charge >= 0.3 is 0 Å². The van der Waals surface area contributed by atoms with Crippen LogP contribution in [0.5, 0.6) is 0 Å². The third kappa shape index (κ3) is 6.30.